The van der Waals surface area contributed by atoms with E-state index in [1.807, 2.05) is 32.0 Å². The first-order chi connectivity index (χ1) is 10.5. The number of likely N-dealkylation sites (tertiary alicyclic amines) is 1. The summed E-state index contributed by atoms with van der Waals surface area (Å²) in [4.78, 5) is 24.5. The number of nitrogens with zero attached hydrogens (tertiary/aromatic N) is 1. The molecular weight excluding hydrogens is 284 g/mol. The molecule has 0 unspecified atom stereocenters. The van der Waals surface area contributed by atoms with E-state index in [1.165, 1.54) is 0 Å². The molecular formula is C16H22N2O4. The third-order valence-corrected chi connectivity index (χ3v) is 4.14. The van der Waals surface area contributed by atoms with Gasteiger partial charge in [-0.15, -0.1) is 0 Å². The third-order valence-electron chi connectivity index (χ3n) is 4.14. The first-order valence-electron chi connectivity index (χ1n) is 7.43. The molecule has 1 heterocycles. The number of ether oxygens (including phenoxy) is 1. The van der Waals surface area contributed by atoms with Crippen LogP contribution in [0.3, 0.4) is 0 Å². The van der Waals surface area contributed by atoms with Crippen LogP contribution in [0, 0.1) is 19.8 Å². The molecule has 0 aromatic heterocycles. The summed E-state index contributed by atoms with van der Waals surface area (Å²) in [6.45, 7) is 5.01. The molecule has 2 rings (SSSR count). The van der Waals surface area contributed by atoms with Crippen molar-refractivity contribution in [1.29, 1.82) is 0 Å². The Balaban J connectivity index is 1.77. The number of amides is 2. The van der Waals surface area contributed by atoms with E-state index in [4.69, 9.17) is 9.84 Å². The SMILES string of the molecule is Cc1cccc(OCNC(=O)N2CCC(C(=O)O)CC2)c1C. The molecule has 0 aliphatic carbocycles. The molecule has 0 saturated carbocycles. The molecule has 6 heteroatoms. The van der Waals surface area contributed by atoms with Gasteiger partial charge in [-0.05, 0) is 43.9 Å². The smallest absolute Gasteiger partial charge is 0.320 e. The number of carboxylic acid groups (broad SMARTS) is 1. The predicted octanol–water partition coefficient (Wildman–Crippen LogP) is 2.15. The normalized spacial score (nSPS) is 15.5. The Hall–Kier alpha value is -2.24. The lowest BCUT2D eigenvalue weighted by atomic mass is 9.97. The highest BCUT2D eigenvalue weighted by atomic mass is 16.5. The number of carboxylic acids is 1. The van der Waals surface area contributed by atoms with Gasteiger partial charge in [0.2, 0.25) is 0 Å². The summed E-state index contributed by atoms with van der Waals surface area (Å²) in [5.74, 6) is -0.363. The minimum absolute atomic E-state index is 0.0992. The summed E-state index contributed by atoms with van der Waals surface area (Å²) in [7, 11) is 0. The molecule has 120 valence electrons. The van der Waals surface area contributed by atoms with Crippen LogP contribution in [0.15, 0.2) is 18.2 Å². The maximum atomic E-state index is 12.0. The van der Waals surface area contributed by atoms with Crippen LogP contribution >= 0.6 is 0 Å². The van der Waals surface area contributed by atoms with Gasteiger partial charge in [-0.25, -0.2) is 4.79 Å². The van der Waals surface area contributed by atoms with E-state index >= 15 is 0 Å². The molecule has 1 fully saturated rings. The first-order valence-corrected chi connectivity index (χ1v) is 7.43. The van der Waals surface area contributed by atoms with Crippen LogP contribution in [0.1, 0.15) is 24.0 Å². The van der Waals surface area contributed by atoms with Gasteiger partial charge in [0.25, 0.3) is 0 Å². The molecule has 0 atom stereocenters. The summed E-state index contributed by atoms with van der Waals surface area (Å²) in [6.07, 6.45) is 1.00. The molecule has 1 aromatic carbocycles. The van der Waals surface area contributed by atoms with Gasteiger partial charge in [-0.1, -0.05) is 12.1 Å². The van der Waals surface area contributed by atoms with Gasteiger partial charge in [0.05, 0.1) is 5.92 Å². The van der Waals surface area contributed by atoms with E-state index in [2.05, 4.69) is 5.32 Å². The van der Waals surface area contributed by atoms with Crippen molar-refractivity contribution < 1.29 is 19.4 Å². The van der Waals surface area contributed by atoms with Gasteiger partial charge in [0.1, 0.15) is 5.75 Å². The maximum absolute atomic E-state index is 12.0. The number of aliphatic carboxylic acids is 1. The molecule has 6 nitrogen and oxygen atoms in total. The lowest BCUT2D eigenvalue weighted by Gasteiger charge is -2.30. The number of carbonyl (C=O) groups excluding carboxylic acids is 1. The minimum atomic E-state index is -0.779. The second-order valence-electron chi connectivity index (χ2n) is 5.57. The van der Waals surface area contributed by atoms with Crippen LogP contribution in [-0.4, -0.2) is 41.8 Å². The number of rotatable bonds is 4. The fraction of sp³-hybridized carbons (Fsp3) is 0.500. The number of aryl methyl sites for hydroxylation is 1. The fourth-order valence-corrected chi connectivity index (χ4v) is 2.50. The maximum Gasteiger partial charge on any atom is 0.320 e. The van der Waals surface area contributed by atoms with E-state index in [0.717, 1.165) is 16.9 Å². The van der Waals surface area contributed by atoms with Gasteiger partial charge < -0.3 is 20.1 Å². The number of urea groups is 1. The predicted molar refractivity (Wildman–Crippen MR) is 81.9 cm³/mol. The Bertz CT molecular complexity index is 551. The number of hydrogen-bond acceptors (Lipinski definition) is 3. The molecule has 0 radical (unpaired) electrons. The fourth-order valence-electron chi connectivity index (χ4n) is 2.50. The summed E-state index contributed by atoms with van der Waals surface area (Å²) in [5.41, 5.74) is 2.19. The quantitative estimate of drug-likeness (QED) is 0.835. The Kier molecular flexibility index (Phi) is 5.25. The zero-order valence-corrected chi connectivity index (χ0v) is 13.0. The average Bonchev–Trinajstić information content (AvgIpc) is 2.51. The van der Waals surface area contributed by atoms with Gasteiger partial charge in [0, 0.05) is 13.1 Å². The first kappa shape index (κ1) is 16.1. The third kappa shape index (κ3) is 3.90. The highest BCUT2D eigenvalue weighted by Crippen LogP contribution is 2.20. The molecule has 2 amide bonds. The second kappa shape index (κ2) is 7.15. The van der Waals surface area contributed by atoms with Crippen molar-refractivity contribution in [3.63, 3.8) is 0 Å². The summed E-state index contributed by atoms with van der Waals surface area (Å²) < 4.78 is 5.59. The van der Waals surface area contributed by atoms with Crippen molar-refractivity contribution in [2.75, 3.05) is 19.8 Å². The Morgan fingerprint density at radius 3 is 2.64 bits per heavy atom. The molecule has 1 aromatic rings. The van der Waals surface area contributed by atoms with E-state index in [0.29, 0.717) is 25.9 Å². The zero-order chi connectivity index (χ0) is 16.1. The topological polar surface area (TPSA) is 78.9 Å². The van der Waals surface area contributed by atoms with Crippen LogP contribution in [0.2, 0.25) is 0 Å². The van der Waals surface area contributed by atoms with E-state index < -0.39 is 5.97 Å². The lowest BCUT2D eigenvalue weighted by molar-refractivity contribution is -0.143. The Morgan fingerprint density at radius 1 is 1.32 bits per heavy atom. The largest absolute Gasteiger partial charge is 0.481 e. The number of nitrogens with one attached hydrogen (secondary N) is 1. The van der Waals surface area contributed by atoms with E-state index in [-0.39, 0.29) is 18.7 Å². The molecule has 22 heavy (non-hydrogen) atoms. The zero-order valence-electron chi connectivity index (χ0n) is 13.0. The van der Waals surface area contributed by atoms with Crippen molar-refractivity contribution in [3.8, 4) is 5.75 Å². The minimum Gasteiger partial charge on any atom is -0.481 e. The van der Waals surface area contributed by atoms with Crippen molar-refractivity contribution in [2.45, 2.75) is 26.7 Å². The van der Waals surface area contributed by atoms with E-state index in [9.17, 15) is 9.59 Å². The summed E-state index contributed by atoms with van der Waals surface area (Å²) in [5, 5.41) is 11.6. The number of piperidine rings is 1. The highest BCUT2D eigenvalue weighted by Gasteiger charge is 2.26. The van der Waals surface area contributed by atoms with Gasteiger partial charge in [0.15, 0.2) is 6.73 Å². The molecule has 0 spiro atoms. The van der Waals surface area contributed by atoms with Crippen LogP contribution in [-0.2, 0) is 4.79 Å². The van der Waals surface area contributed by atoms with Crippen molar-refractivity contribution in [1.82, 2.24) is 10.2 Å². The summed E-state index contributed by atoms with van der Waals surface area (Å²) in [6, 6.07) is 5.57. The van der Waals surface area contributed by atoms with Crippen LogP contribution in [0.4, 0.5) is 4.79 Å². The number of benzene rings is 1. The molecule has 1 saturated heterocycles. The molecule has 1 aliphatic heterocycles. The second-order valence-corrected chi connectivity index (χ2v) is 5.57. The van der Waals surface area contributed by atoms with Crippen LogP contribution in [0.5, 0.6) is 5.75 Å². The lowest BCUT2D eigenvalue weighted by Crippen LogP contribution is -2.46. The number of carbonyl (C=O) groups is 2. The van der Waals surface area contributed by atoms with Crippen molar-refractivity contribution in [3.05, 3.63) is 29.3 Å². The van der Waals surface area contributed by atoms with Crippen LogP contribution in [0.25, 0.3) is 0 Å². The van der Waals surface area contributed by atoms with Crippen LogP contribution < -0.4 is 10.1 Å². The Morgan fingerprint density at radius 2 is 2.00 bits per heavy atom. The molecule has 0 bridgehead atoms. The van der Waals surface area contributed by atoms with Crippen molar-refractivity contribution >= 4 is 12.0 Å². The van der Waals surface area contributed by atoms with Gasteiger partial charge in [-0.3, -0.25) is 4.79 Å². The highest BCUT2D eigenvalue weighted by molar-refractivity contribution is 5.75. The van der Waals surface area contributed by atoms with E-state index in [1.54, 1.807) is 4.90 Å². The number of hydrogen-bond donors (Lipinski definition) is 2. The summed E-state index contributed by atoms with van der Waals surface area (Å²) >= 11 is 0. The van der Waals surface area contributed by atoms with Gasteiger partial charge >= 0.3 is 12.0 Å². The average molecular weight is 306 g/mol. The molecule has 2 N–H and O–H groups in total. The van der Waals surface area contributed by atoms with Crippen molar-refractivity contribution in [2.24, 2.45) is 5.92 Å². The Labute approximate surface area is 130 Å². The monoisotopic (exact) mass is 306 g/mol. The standard InChI is InChI=1S/C16H22N2O4/c1-11-4-3-5-14(12(11)2)22-10-17-16(21)18-8-6-13(7-9-18)15(19)20/h3-5,13H,6-10H2,1-2H3,(H,17,21)(H,19,20). The molecule has 1 aliphatic rings. The van der Waals surface area contributed by atoms with Gasteiger partial charge in [-0.2, -0.15) is 0 Å².